The van der Waals surface area contributed by atoms with E-state index in [4.69, 9.17) is 0 Å². The zero-order chi connectivity index (χ0) is 12.5. The topological polar surface area (TPSA) is 57.6 Å². The molecule has 0 unspecified atom stereocenters. The number of ketones is 1. The highest BCUT2D eigenvalue weighted by atomic mass is 16.3. The summed E-state index contributed by atoms with van der Waals surface area (Å²) in [4.78, 5) is 24.9. The van der Waals surface area contributed by atoms with Gasteiger partial charge < -0.3 is 10.0 Å². The average Bonchev–Trinajstić information content (AvgIpc) is 2.44. The van der Waals surface area contributed by atoms with Crippen molar-refractivity contribution in [3.63, 3.8) is 0 Å². The molecule has 92 valence electrons. The Morgan fingerprint density at radius 2 is 1.94 bits per heavy atom. The first-order valence-corrected chi connectivity index (χ1v) is 5.69. The summed E-state index contributed by atoms with van der Waals surface area (Å²) in [5.41, 5.74) is -0.0913. The van der Waals surface area contributed by atoms with E-state index in [9.17, 15) is 14.7 Å². The molecule has 1 N–H and O–H groups in total. The van der Waals surface area contributed by atoms with Crippen LogP contribution in [-0.2, 0) is 9.59 Å². The summed E-state index contributed by atoms with van der Waals surface area (Å²) in [6.07, 6.45) is 0.229. The highest BCUT2D eigenvalue weighted by Gasteiger charge is 2.37. The number of rotatable bonds is 2. The van der Waals surface area contributed by atoms with Gasteiger partial charge in [-0.3, -0.25) is 9.59 Å². The normalized spacial score (nSPS) is 25.9. The van der Waals surface area contributed by atoms with Crippen LogP contribution in [0.1, 0.15) is 40.5 Å². The average molecular weight is 227 g/mol. The fourth-order valence-electron chi connectivity index (χ4n) is 2.03. The molecule has 1 amide bonds. The molecule has 0 aromatic heterocycles. The predicted octanol–water partition coefficient (Wildman–Crippen LogP) is 0.973. The molecule has 1 fully saturated rings. The molecule has 0 saturated carbocycles. The third-order valence-corrected chi connectivity index (χ3v) is 2.75. The van der Waals surface area contributed by atoms with Crippen molar-refractivity contribution in [3.05, 3.63) is 0 Å². The van der Waals surface area contributed by atoms with Crippen molar-refractivity contribution >= 4 is 11.7 Å². The van der Waals surface area contributed by atoms with Crippen molar-refractivity contribution < 1.29 is 14.7 Å². The molecule has 0 bridgehead atoms. The first-order valence-electron chi connectivity index (χ1n) is 5.69. The summed E-state index contributed by atoms with van der Waals surface area (Å²) in [5, 5.41) is 9.52. The van der Waals surface area contributed by atoms with E-state index in [0.29, 0.717) is 19.4 Å². The Kier molecular flexibility index (Phi) is 3.73. The first kappa shape index (κ1) is 13.2. The minimum absolute atomic E-state index is 0.0377. The molecule has 16 heavy (non-hydrogen) atoms. The van der Waals surface area contributed by atoms with Gasteiger partial charge in [0.2, 0.25) is 5.91 Å². The molecule has 4 nitrogen and oxygen atoms in total. The lowest BCUT2D eigenvalue weighted by molar-refractivity contribution is -0.138. The van der Waals surface area contributed by atoms with Crippen molar-refractivity contribution in [2.24, 2.45) is 5.41 Å². The lowest BCUT2D eigenvalue weighted by Gasteiger charge is -2.26. The van der Waals surface area contributed by atoms with Gasteiger partial charge in [0.15, 0.2) is 5.78 Å². The van der Waals surface area contributed by atoms with Gasteiger partial charge >= 0.3 is 0 Å². The molecule has 0 radical (unpaired) electrons. The summed E-state index contributed by atoms with van der Waals surface area (Å²) < 4.78 is 0. The SMILES string of the molecule is CC(=O)[C@@H]1C[C@@H](O)CN1C(=O)CC(C)(C)C. The lowest BCUT2D eigenvalue weighted by atomic mass is 9.91. The fourth-order valence-corrected chi connectivity index (χ4v) is 2.03. The van der Waals surface area contributed by atoms with Crippen LogP contribution in [0.4, 0.5) is 0 Å². The van der Waals surface area contributed by atoms with Gasteiger partial charge in [0, 0.05) is 19.4 Å². The number of amides is 1. The number of aliphatic hydroxyl groups is 1. The highest BCUT2D eigenvalue weighted by molar-refractivity contribution is 5.88. The van der Waals surface area contributed by atoms with Gasteiger partial charge in [-0.2, -0.15) is 0 Å². The minimum atomic E-state index is -0.558. The van der Waals surface area contributed by atoms with Crippen molar-refractivity contribution in [2.45, 2.75) is 52.7 Å². The monoisotopic (exact) mass is 227 g/mol. The van der Waals surface area contributed by atoms with Crippen molar-refractivity contribution in [1.82, 2.24) is 4.90 Å². The van der Waals surface area contributed by atoms with E-state index in [1.165, 1.54) is 11.8 Å². The quantitative estimate of drug-likeness (QED) is 0.765. The molecule has 1 rings (SSSR count). The standard InChI is InChI=1S/C12H21NO3/c1-8(14)10-5-9(15)7-13(10)11(16)6-12(2,3)4/h9-10,15H,5-7H2,1-4H3/t9-,10+/m1/s1. The second-order valence-corrected chi connectivity index (χ2v) is 5.80. The number of carbonyl (C=O) groups excluding carboxylic acids is 2. The van der Waals surface area contributed by atoms with Crippen LogP contribution in [0.25, 0.3) is 0 Å². The Morgan fingerprint density at radius 1 is 1.38 bits per heavy atom. The van der Waals surface area contributed by atoms with Crippen LogP contribution in [0, 0.1) is 5.41 Å². The summed E-state index contributed by atoms with van der Waals surface area (Å²) in [7, 11) is 0. The van der Waals surface area contributed by atoms with Crippen LogP contribution in [0.5, 0.6) is 0 Å². The second kappa shape index (κ2) is 4.53. The van der Waals surface area contributed by atoms with Gasteiger partial charge in [0.1, 0.15) is 0 Å². The molecule has 4 heteroatoms. The molecule has 1 aliphatic heterocycles. The maximum atomic E-state index is 12.0. The first-order chi connectivity index (χ1) is 7.20. The molecule has 1 heterocycles. The molecule has 2 atom stereocenters. The van der Waals surface area contributed by atoms with E-state index in [1.54, 1.807) is 0 Å². The Balaban J connectivity index is 2.71. The summed E-state index contributed by atoms with van der Waals surface area (Å²) >= 11 is 0. The number of likely N-dealkylation sites (tertiary alicyclic amines) is 1. The van der Waals surface area contributed by atoms with Gasteiger partial charge in [0.05, 0.1) is 12.1 Å². The van der Waals surface area contributed by atoms with Gasteiger partial charge in [-0.1, -0.05) is 20.8 Å². The van der Waals surface area contributed by atoms with E-state index in [1.807, 2.05) is 20.8 Å². The van der Waals surface area contributed by atoms with Crippen LogP contribution in [0.15, 0.2) is 0 Å². The molecular formula is C12H21NO3. The van der Waals surface area contributed by atoms with Gasteiger partial charge in [-0.05, 0) is 12.3 Å². The van der Waals surface area contributed by atoms with E-state index in [2.05, 4.69) is 0 Å². The molecule has 0 aliphatic carbocycles. The summed E-state index contributed by atoms with van der Waals surface area (Å²) in [6.45, 7) is 7.72. The number of carbonyl (C=O) groups is 2. The van der Waals surface area contributed by atoms with Gasteiger partial charge in [-0.15, -0.1) is 0 Å². The van der Waals surface area contributed by atoms with Crippen LogP contribution in [-0.4, -0.2) is 40.4 Å². The number of β-amino-alcohol motifs (C(OH)–C–C–N with tert-alkyl or cyclic N) is 1. The zero-order valence-electron chi connectivity index (χ0n) is 10.5. The summed E-state index contributed by atoms with van der Waals surface area (Å²) in [6, 6.07) is -0.426. The van der Waals surface area contributed by atoms with Crippen LogP contribution in [0.3, 0.4) is 0 Å². The molecule has 0 aromatic carbocycles. The van der Waals surface area contributed by atoms with Crippen LogP contribution in [0.2, 0.25) is 0 Å². The van der Waals surface area contributed by atoms with Gasteiger partial charge in [0.25, 0.3) is 0 Å². The maximum Gasteiger partial charge on any atom is 0.223 e. The third-order valence-electron chi connectivity index (χ3n) is 2.75. The summed E-state index contributed by atoms with van der Waals surface area (Å²) in [5.74, 6) is -0.0805. The zero-order valence-corrected chi connectivity index (χ0v) is 10.5. The molecule has 1 aliphatic rings. The maximum absolute atomic E-state index is 12.0. The van der Waals surface area contributed by atoms with Crippen LogP contribution < -0.4 is 0 Å². The number of Topliss-reactive ketones (excluding diaryl/α,β-unsaturated/α-hetero) is 1. The van der Waals surface area contributed by atoms with Crippen molar-refractivity contribution in [2.75, 3.05) is 6.54 Å². The number of nitrogens with zero attached hydrogens (tertiary/aromatic N) is 1. The molecule has 0 spiro atoms. The van der Waals surface area contributed by atoms with E-state index >= 15 is 0 Å². The Hall–Kier alpha value is -0.900. The van der Waals surface area contributed by atoms with Crippen molar-refractivity contribution in [1.29, 1.82) is 0 Å². The number of hydrogen-bond donors (Lipinski definition) is 1. The highest BCUT2D eigenvalue weighted by Crippen LogP contribution is 2.25. The molecule has 1 saturated heterocycles. The minimum Gasteiger partial charge on any atom is -0.391 e. The van der Waals surface area contributed by atoms with E-state index < -0.39 is 12.1 Å². The van der Waals surface area contributed by atoms with Gasteiger partial charge in [-0.25, -0.2) is 0 Å². The number of aliphatic hydroxyl groups excluding tert-OH is 1. The second-order valence-electron chi connectivity index (χ2n) is 5.80. The van der Waals surface area contributed by atoms with Crippen LogP contribution >= 0.6 is 0 Å². The smallest absolute Gasteiger partial charge is 0.223 e. The van der Waals surface area contributed by atoms with E-state index in [0.717, 1.165) is 0 Å². The fraction of sp³-hybridized carbons (Fsp3) is 0.833. The Morgan fingerprint density at radius 3 is 2.38 bits per heavy atom. The lowest BCUT2D eigenvalue weighted by Crippen LogP contribution is -2.41. The third kappa shape index (κ3) is 3.30. The Bertz CT molecular complexity index is 293. The number of hydrogen-bond acceptors (Lipinski definition) is 3. The van der Waals surface area contributed by atoms with E-state index in [-0.39, 0.29) is 17.1 Å². The van der Waals surface area contributed by atoms with Crippen molar-refractivity contribution in [3.8, 4) is 0 Å². The largest absolute Gasteiger partial charge is 0.391 e. The predicted molar refractivity (Wildman–Crippen MR) is 60.9 cm³/mol. The Labute approximate surface area is 96.6 Å². The molecular weight excluding hydrogens is 206 g/mol. The molecule has 0 aromatic rings.